The summed E-state index contributed by atoms with van der Waals surface area (Å²) in [6.45, 7) is -0.195. The van der Waals surface area contributed by atoms with Gasteiger partial charge in [-0.2, -0.15) is 0 Å². The number of nitrogens with one attached hydrogen (secondary N) is 1. The van der Waals surface area contributed by atoms with Crippen LogP contribution in [0.3, 0.4) is 0 Å². The maximum Gasteiger partial charge on any atom is 0.264 e. The number of aromatic nitrogens is 1. The fourth-order valence-electron chi connectivity index (χ4n) is 2.16. The van der Waals surface area contributed by atoms with Gasteiger partial charge in [0.1, 0.15) is 5.75 Å². The van der Waals surface area contributed by atoms with Crippen LogP contribution in [-0.2, 0) is 11.2 Å². The van der Waals surface area contributed by atoms with E-state index in [0.717, 1.165) is 10.4 Å². The van der Waals surface area contributed by atoms with Crippen LogP contribution in [0.4, 0.5) is 5.13 Å². The van der Waals surface area contributed by atoms with Gasteiger partial charge in [-0.1, -0.05) is 53.0 Å². The minimum atomic E-state index is -0.334. The average molecular weight is 428 g/mol. The van der Waals surface area contributed by atoms with Crippen LogP contribution in [0.15, 0.2) is 48.7 Å². The first-order valence-electron chi connectivity index (χ1n) is 7.57. The second-order valence-electron chi connectivity index (χ2n) is 5.31. The fourth-order valence-corrected chi connectivity index (χ4v) is 3.55. The van der Waals surface area contributed by atoms with Crippen molar-refractivity contribution in [2.75, 3.05) is 11.9 Å². The molecule has 3 aromatic rings. The minimum Gasteiger partial charge on any atom is -0.482 e. The van der Waals surface area contributed by atoms with E-state index in [-0.39, 0.29) is 12.5 Å². The summed E-state index contributed by atoms with van der Waals surface area (Å²) in [6, 6.07) is 12.4. The summed E-state index contributed by atoms with van der Waals surface area (Å²) in [7, 11) is 0. The topological polar surface area (TPSA) is 51.2 Å². The van der Waals surface area contributed by atoms with Gasteiger partial charge in [-0.3, -0.25) is 10.1 Å². The van der Waals surface area contributed by atoms with E-state index >= 15 is 0 Å². The van der Waals surface area contributed by atoms with Gasteiger partial charge in [-0.25, -0.2) is 4.98 Å². The number of carbonyl (C=O) groups excluding carboxylic acids is 1. The first kappa shape index (κ1) is 19.0. The number of anilines is 1. The molecule has 1 amide bonds. The lowest BCUT2D eigenvalue weighted by Gasteiger charge is -2.07. The van der Waals surface area contributed by atoms with E-state index < -0.39 is 0 Å². The molecule has 0 fully saturated rings. The minimum absolute atomic E-state index is 0.195. The van der Waals surface area contributed by atoms with Gasteiger partial charge < -0.3 is 4.74 Å². The van der Waals surface area contributed by atoms with Crippen LogP contribution in [0.5, 0.6) is 5.75 Å². The molecule has 0 saturated heterocycles. The molecule has 4 nitrogen and oxygen atoms in total. The molecule has 0 aliphatic carbocycles. The Morgan fingerprint density at radius 3 is 2.73 bits per heavy atom. The molecule has 0 aliphatic rings. The third kappa shape index (κ3) is 5.11. The zero-order chi connectivity index (χ0) is 18.5. The van der Waals surface area contributed by atoms with Crippen molar-refractivity contribution in [1.29, 1.82) is 0 Å². The molecule has 1 N–H and O–H groups in total. The molecule has 26 heavy (non-hydrogen) atoms. The standard InChI is InChI=1S/C18H13Cl3N2O2S/c19-12-5-6-15(21)16(8-12)25-10-17(24)23-18-22-9-13(26-18)7-11-3-1-2-4-14(11)20/h1-6,8-9H,7,10H2,(H,22,23,24). The number of thiazole rings is 1. The van der Waals surface area contributed by atoms with E-state index in [9.17, 15) is 4.79 Å². The number of halogens is 3. The highest BCUT2D eigenvalue weighted by atomic mass is 35.5. The maximum atomic E-state index is 12.0. The molecular weight excluding hydrogens is 415 g/mol. The predicted octanol–water partition coefficient (Wildman–Crippen LogP) is 5.71. The Labute approximate surface area is 169 Å². The van der Waals surface area contributed by atoms with Crippen molar-refractivity contribution < 1.29 is 9.53 Å². The Bertz CT molecular complexity index is 930. The van der Waals surface area contributed by atoms with E-state index in [1.165, 1.54) is 11.3 Å². The van der Waals surface area contributed by atoms with Gasteiger partial charge in [0.05, 0.1) is 5.02 Å². The van der Waals surface area contributed by atoms with Gasteiger partial charge in [0.15, 0.2) is 11.7 Å². The summed E-state index contributed by atoms with van der Waals surface area (Å²) < 4.78 is 5.40. The van der Waals surface area contributed by atoms with Crippen LogP contribution >= 0.6 is 46.1 Å². The van der Waals surface area contributed by atoms with E-state index in [2.05, 4.69) is 10.3 Å². The zero-order valence-electron chi connectivity index (χ0n) is 13.3. The number of hydrogen-bond donors (Lipinski definition) is 1. The SMILES string of the molecule is O=C(COc1cc(Cl)ccc1Cl)Nc1ncc(Cc2ccccc2Cl)s1. The lowest BCUT2D eigenvalue weighted by molar-refractivity contribution is -0.118. The number of nitrogens with zero attached hydrogens (tertiary/aromatic N) is 1. The van der Waals surface area contributed by atoms with E-state index in [4.69, 9.17) is 39.5 Å². The van der Waals surface area contributed by atoms with Gasteiger partial charge in [0.25, 0.3) is 5.91 Å². The number of carbonyl (C=O) groups is 1. The average Bonchev–Trinajstić information content (AvgIpc) is 3.04. The highest BCUT2D eigenvalue weighted by molar-refractivity contribution is 7.15. The number of amides is 1. The highest BCUT2D eigenvalue weighted by Crippen LogP contribution is 2.28. The van der Waals surface area contributed by atoms with Gasteiger partial charge in [0.2, 0.25) is 0 Å². The van der Waals surface area contributed by atoms with E-state index in [1.807, 2.05) is 24.3 Å². The second kappa shape index (κ2) is 8.73. The summed E-state index contributed by atoms with van der Waals surface area (Å²) in [5.74, 6) is 0.0209. The summed E-state index contributed by atoms with van der Waals surface area (Å²) in [6.07, 6.45) is 2.38. The van der Waals surface area contributed by atoms with Crippen molar-refractivity contribution in [3.63, 3.8) is 0 Å². The zero-order valence-corrected chi connectivity index (χ0v) is 16.4. The quantitative estimate of drug-likeness (QED) is 0.548. The van der Waals surface area contributed by atoms with Crippen LogP contribution in [0, 0.1) is 0 Å². The Hall–Kier alpha value is -1.79. The Balaban J connectivity index is 1.56. The lowest BCUT2D eigenvalue weighted by atomic mass is 10.1. The van der Waals surface area contributed by atoms with Crippen molar-refractivity contribution in [3.8, 4) is 5.75 Å². The molecule has 0 unspecified atom stereocenters. The smallest absolute Gasteiger partial charge is 0.264 e. The summed E-state index contributed by atoms with van der Waals surface area (Å²) in [5, 5.41) is 4.77. The fraction of sp³-hybridized carbons (Fsp3) is 0.111. The normalized spacial score (nSPS) is 10.6. The molecule has 8 heteroatoms. The van der Waals surface area contributed by atoms with Crippen LogP contribution in [0.1, 0.15) is 10.4 Å². The van der Waals surface area contributed by atoms with Crippen molar-refractivity contribution in [1.82, 2.24) is 4.98 Å². The molecule has 134 valence electrons. The van der Waals surface area contributed by atoms with Crippen molar-refractivity contribution in [2.24, 2.45) is 0 Å². The number of hydrogen-bond acceptors (Lipinski definition) is 4. The first-order valence-corrected chi connectivity index (χ1v) is 9.52. The molecule has 1 aromatic heterocycles. The summed E-state index contributed by atoms with van der Waals surface area (Å²) in [5.41, 5.74) is 1.01. The maximum absolute atomic E-state index is 12.0. The molecule has 0 spiro atoms. The third-order valence-electron chi connectivity index (χ3n) is 3.37. The van der Waals surface area contributed by atoms with Crippen molar-refractivity contribution in [2.45, 2.75) is 6.42 Å². The molecule has 3 rings (SSSR count). The van der Waals surface area contributed by atoms with Gasteiger partial charge >= 0.3 is 0 Å². The van der Waals surface area contributed by atoms with Crippen LogP contribution in [0.25, 0.3) is 0 Å². The largest absolute Gasteiger partial charge is 0.482 e. The van der Waals surface area contributed by atoms with Crippen LogP contribution in [-0.4, -0.2) is 17.5 Å². The number of ether oxygens (including phenoxy) is 1. The van der Waals surface area contributed by atoms with Crippen molar-refractivity contribution >= 4 is 57.2 Å². The molecular formula is C18H13Cl3N2O2S. The Morgan fingerprint density at radius 2 is 1.92 bits per heavy atom. The van der Waals surface area contributed by atoms with E-state index in [0.29, 0.717) is 32.4 Å². The third-order valence-corrected chi connectivity index (χ3v) is 5.20. The van der Waals surface area contributed by atoms with Gasteiger partial charge in [-0.05, 0) is 23.8 Å². The highest BCUT2D eigenvalue weighted by Gasteiger charge is 2.10. The van der Waals surface area contributed by atoms with Gasteiger partial charge in [0, 0.05) is 33.6 Å². The van der Waals surface area contributed by atoms with Gasteiger partial charge in [-0.15, -0.1) is 11.3 Å². The molecule has 0 aliphatic heterocycles. The predicted molar refractivity (Wildman–Crippen MR) is 107 cm³/mol. The molecule has 0 atom stereocenters. The number of rotatable bonds is 6. The summed E-state index contributed by atoms with van der Waals surface area (Å²) >= 11 is 19.4. The lowest BCUT2D eigenvalue weighted by Crippen LogP contribution is -2.20. The first-order chi connectivity index (χ1) is 12.5. The van der Waals surface area contributed by atoms with E-state index in [1.54, 1.807) is 24.4 Å². The molecule has 2 aromatic carbocycles. The summed E-state index contributed by atoms with van der Waals surface area (Å²) in [4.78, 5) is 17.2. The monoisotopic (exact) mass is 426 g/mol. The molecule has 0 bridgehead atoms. The molecule has 0 saturated carbocycles. The van der Waals surface area contributed by atoms with Crippen molar-refractivity contribution in [3.05, 3.63) is 74.2 Å². The van der Waals surface area contributed by atoms with Crippen LogP contribution in [0.2, 0.25) is 15.1 Å². The van der Waals surface area contributed by atoms with Crippen LogP contribution < -0.4 is 10.1 Å². The number of benzene rings is 2. The Morgan fingerprint density at radius 1 is 1.12 bits per heavy atom. The molecule has 0 radical (unpaired) electrons. The molecule has 1 heterocycles. The second-order valence-corrected chi connectivity index (χ2v) is 7.68. The Kier molecular flexibility index (Phi) is 6.38.